The molecule has 4 heterocycles. The summed E-state index contributed by atoms with van der Waals surface area (Å²) in [6, 6.07) is -1.11. The minimum Gasteiger partial charge on any atom is -0.396 e. The van der Waals surface area contributed by atoms with Crippen LogP contribution in [0.1, 0.15) is 39.5 Å². The van der Waals surface area contributed by atoms with Crippen molar-refractivity contribution in [3.63, 3.8) is 0 Å². The highest BCUT2D eigenvalue weighted by Gasteiger charge is 2.49. The van der Waals surface area contributed by atoms with E-state index in [0.29, 0.717) is 30.6 Å². The van der Waals surface area contributed by atoms with Gasteiger partial charge in [0.2, 0.25) is 5.91 Å². The predicted octanol–water partition coefficient (Wildman–Crippen LogP) is 0.00970. The van der Waals surface area contributed by atoms with Crippen molar-refractivity contribution < 1.29 is 34.7 Å². The molecule has 4 unspecified atom stereocenters. The van der Waals surface area contributed by atoms with Gasteiger partial charge in [0.15, 0.2) is 0 Å². The summed E-state index contributed by atoms with van der Waals surface area (Å²) in [6.07, 6.45) is 2.28. The molecule has 0 aromatic heterocycles. The van der Waals surface area contributed by atoms with Gasteiger partial charge in [-0.1, -0.05) is 26.0 Å². The lowest BCUT2D eigenvalue weighted by atomic mass is 9.85. The van der Waals surface area contributed by atoms with Gasteiger partial charge in [-0.05, 0) is 43.4 Å². The highest BCUT2D eigenvalue weighted by molar-refractivity contribution is 7.99. The van der Waals surface area contributed by atoms with E-state index in [-0.39, 0.29) is 30.5 Å². The monoisotopic (exact) mass is 514 g/mol. The smallest absolute Gasteiger partial charge is 0.240 e. The van der Waals surface area contributed by atoms with Gasteiger partial charge in [0.05, 0.1) is 18.8 Å². The Morgan fingerprint density at radius 3 is 2.74 bits per heavy atom. The van der Waals surface area contributed by atoms with Gasteiger partial charge in [-0.3, -0.25) is 4.79 Å². The lowest BCUT2D eigenvalue weighted by Crippen LogP contribution is -2.64. The van der Waals surface area contributed by atoms with Crippen LogP contribution in [0.4, 0.5) is 0 Å². The van der Waals surface area contributed by atoms with Crippen molar-refractivity contribution in [3.05, 3.63) is 12.2 Å². The van der Waals surface area contributed by atoms with Crippen LogP contribution in [0.15, 0.2) is 12.2 Å². The first kappa shape index (κ1) is 27.3. The first-order valence-corrected chi connectivity index (χ1v) is 14.1. The number of fused-ring (bicyclic) bond motifs is 3. The highest BCUT2D eigenvalue weighted by atomic mass is 32.2. The van der Waals surface area contributed by atoms with Gasteiger partial charge in [-0.15, -0.1) is 11.8 Å². The van der Waals surface area contributed by atoms with Gasteiger partial charge in [0, 0.05) is 24.8 Å². The van der Waals surface area contributed by atoms with Gasteiger partial charge in [0.1, 0.15) is 35.9 Å². The number of aliphatic hydroxyl groups excluding tert-OH is 4. The molecule has 4 aliphatic rings. The number of rotatable bonds is 5. The number of thioether (sulfide) groups is 1. The summed E-state index contributed by atoms with van der Waals surface area (Å²) in [5.74, 6) is 1.67. The van der Waals surface area contributed by atoms with Gasteiger partial charge >= 0.3 is 0 Å². The van der Waals surface area contributed by atoms with E-state index in [4.69, 9.17) is 9.47 Å². The maximum Gasteiger partial charge on any atom is 0.240 e. The molecular weight excluding hydrogens is 472 g/mol. The van der Waals surface area contributed by atoms with E-state index in [2.05, 4.69) is 24.5 Å². The standard InChI is InChI=1S/C25H42N2O7S/c1-13(2)8-14-6-7-33-22-16(9-14)10-26-18(22)24(32)27-17-5-3-4-15(11-28)12-35-25-21(31)19(29)20(30)23(17)34-25/h3-4,13-23,25-26,28-31H,5-12H2,1-2H3,(H,27,32)/b4-3-/t14-,15?,16-,17+,18-,19?,20?,21+,22+,23+,25?/m0/s1. The van der Waals surface area contributed by atoms with Gasteiger partial charge in [0.25, 0.3) is 0 Å². The molecule has 9 nitrogen and oxygen atoms in total. The van der Waals surface area contributed by atoms with E-state index in [0.717, 1.165) is 25.8 Å². The Morgan fingerprint density at radius 1 is 1.20 bits per heavy atom. The Hall–Kier alpha value is -0.720. The van der Waals surface area contributed by atoms with Crippen LogP contribution >= 0.6 is 11.8 Å². The molecule has 35 heavy (non-hydrogen) atoms. The molecule has 0 saturated carbocycles. The van der Waals surface area contributed by atoms with E-state index < -0.39 is 41.9 Å². The minimum absolute atomic E-state index is 0.0534. The number of hydrogen-bond donors (Lipinski definition) is 6. The molecular formula is C25H42N2O7S. The topological polar surface area (TPSA) is 141 Å². The van der Waals surface area contributed by atoms with Crippen molar-refractivity contribution in [1.82, 2.24) is 10.6 Å². The molecule has 6 N–H and O–H groups in total. The Morgan fingerprint density at radius 2 is 2.00 bits per heavy atom. The number of hydrogen-bond acceptors (Lipinski definition) is 9. The maximum absolute atomic E-state index is 13.5. The molecule has 0 aromatic rings. The van der Waals surface area contributed by atoms with Crippen molar-refractivity contribution in [3.8, 4) is 0 Å². The van der Waals surface area contributed by atoms with E-state index in [9.17, 15) is 25.2 Å². The fraction of sp³-hybridized carbons (Fsp3) is 0.880. The van der Waals surface area contributed by atoms with E-state index in [1.807, 2.05) is 12.2 Å². The lowest BCUT2D eigenvalue weighted by Gasteiger charge is -2.44. The van der Waals surface area contributed by atoms with E-state index in [1.54, 1.807) is 0 Å². The highest BCUT2D eigenvalue weighted by Crippen LogP contribution is 2.35. The van der Waals surface area contributed by atoms with Crippen molar-refractivity contribution in [2.24, 2.45) is 23.7 Å². The average molecular weight is 515 g/mol. The molecule has 0 spiro atoms. The third kappa shape index (κ3) is 6.41. The first-order chi connectivity index (χ1) is 16.8. The largest absolute Gasteiger partial charge is 0.396 e. The first-order valence-electron chi connectivity index (χ1n) is 13.0. The molecule has 0 radical (unpaired) electrons. The summed E-state index contributed by atoms with van der Waals surface area (Å²) < 4.78 is 12.2. The molecule has 11 atom stereocenters. The molecule has 10 heteroatoms. The number of aliphatic hydroxyl groups is 4. The fourth-order valence-electron chi connectivity index (χ4n) is 5.97. The van der Waals surface area contributed by atoms with Crippen molar-refractivity contribution >= 4 is 17.7 Å². The zero-order valence-corrected chi connectivity index (χ0v) is 21.5. The Kier molecular flexibility index (Phi) is 9.53. The Bertz CT molecular complexity index is 741. The number of nitrogens with one attached hydrogen (secondary N) is 2. The number of carbonyl (C=O) groups excluding carboxylic acids is 1. The predicted molar refractivity (Wildman–Crippen MR) is 133 cm³/mol. The van der Waals surface area contributed by atoms with E-state index in [1.165, 1.54) is 11.8 Å². The molecule has 1 amide bonds. The Balaban J connectivity index is 1.47. The van der Waals surface area contributed by atoms with Gasteiger partial charge in [-0.25, -0.2) is 0 Å². The van der Waals surface area contributed by atoms with Crippen molar-refractivity contribution in [2.75, 3.05) is 25.5 Å². The van der Waals surface area contributed by atoms with Gasteiger partial charge in [-0.2, -0.15) is 0 Å². The summed E-state index contributed by atoms with van der Waals surface area (Å²) >= 11 is 1.29. The summed E-state index contributed by atoms with van der Waals surface area (Å²) in [5, 5.41) is 47.7. The van der Waals surface area contributed by atoms with Crippen molar-refractivity contribution in [1.29, 1.82) is 0 Å². The quantitative estimate of drug-likeness (QED) is 0.280. The summed E-state index contributed by atoms with van der Waals surface area (Å²) in [6.45, 7) is 5.80. The number of carbonyl (C=O) groups is 1. The normalized spacial score (nSPS) is 45.4. The van der Waals surface area contributed by atoms with Crippen LogP contribution in [0.25, 0.3) is 0 Å². The molecule has 200 valence electrons. The second-order valence-corrected chi connectivity index (χ2v) is 12.1. The second kappa shape index (κ2) is 12.2. The SMILES string of the molecule is CC(C)C[C@@H]1CCO[C@@H]2[C@H](CN[C@@H]2C(=O)N[C@@H]2C/C=C\C(CO)CSC3O[C@H]2C(O)C(O)[C@H]3O)C1. The molecule has 0 aliphatic carbocycles. The van der Waals surface area contributed by atoms with Crippen molar-refractivity contribution in [2.45, 2.75) is 87.6 Å². The molecule has 4 aliphatic heterocycles. The fourth-order valence-corrected chi connectivity index (χ4v) is 7.19. The number of amides is 1. The summed E-state index contributed by atoms with van der Waals surface area (Å²) in [7, 11) is 0. The van der Waals surface area contributed by atoms with Crippen LogP contribution in [0.2, 0.25) is 0 Å². The Labute approximate surface area is 212 Å². The zero-order chi connectivity index (χ0) is 25.1. The van der Waals surface area contributed by atoms with Gasteiger partial charge < -0.3 is 40.5 Å². The second-order valence-electron chi connectivity index (χ2n) is 11.0. The van der Waals surface area contributed by atoms with Crippen LogP contribution in [-0.4, -0.2) is 99.9 Å². The lowest BCUT2D eigenvalue weighted by molar-refractivity contribution is -0.205. The zero-order valence-electron chi connectivity index (χ0n) is 20.7. The summed E-state index contributed by atoms with van der Waals surface area (Å²) in [4.78, 5) is 13.5. The molecule has 0 aromatic carbocycles. The van der Waals surface area contributed by atoms with Crippen LogP contribution in [0.5, 0.6) is 0 Å². The van der Waals surface area contributed by atoms with Crippen LogP contribution < -0.4 is 10.6 Å². The van der Waals surface area contributed by atoms with Crippen LogP contribution in [0.3, 0.4) is 0 Å². The number of ether oxygens (including phenoxy) is 2. The molecule has 4 rings (SSSR count). The third-order valence-corrected chi connectivity index (χ3v) is 9.13. The molecule has 3 fully saturated rings. The maximum atomic E-state index is 13.5. The van der Waals surface area contributed by atoms with E-state index >= 15 is 0 Å². The summed E-state index contributed by atoms with van der Waals surface area (Å²) in [5.41, 5.74) is -0.768. The van der Waals surface area contributed by atoms with Crippen LogP contribution in [-0.2, 0) is 14.3 Å². The van der Waals surface area contributed by atoms with Crippen LogP contribution in [0, 0.1) is 23.7 Å². The average Bonchev–Trinajstić information content (AvgIpc) is 3.11. The minimum atomic E-state index is -1.39. The molecule has 3 saturated heterocycles. The third-order valence-electron chi connectivity index (χ3n) is 7.79. The molecule has 2 bridgehead atoms.